The summed E-state index contributed by atoms with van der Waals surface area (Å²) in [6.45, 7) is 1.69. The molecule has 0 radical (unpaired) electrons. The third-order valence-electron chi connectivity index (χ3n) is 3.41. The first kappa shape index (κ1) is 19.6. The van der Waals surface area contributed by atoms with Crippen molar-refractivity contribution < 1.29 is 31.8 Å². The van der Waals surface area contributed by atoms with Gasteiger partial charge in [0, 0.05) is 0 Å². The van der Waals surface area contributed by atoms with Gasteiger partial charge in [-0.1, -0.05) is 24.3 Å². The Morgan fingerprint density at radius 3 is 2.38 bits per heavy atom. The SMILES string of the molecule is CC(NC(=O)CCOc1ccccc1F)c1ccc(OC(F)(F)F)cc1. The maximum Gasteiger partial charge on any atom is 0.573 e. The summed E-state index contributed by atoms with van der Waals surface area (Å²) in [5.74, 6) is -1.11. The smallest absolute Gasteiger partial charge is 0.490 e. The fourth-order valence-electron chi connectivity index (χ4n) is 2.17. The molecular weight excluding hydrogens is 354 g/mol. The van der Waals surface area contributed by atoms with Crippen LogP contribution in [0.5, 0.6) is 11.5 Å². The van der Waals surface area contributed by atoms with Gasteiger partial charge in [0.15, 0.2) is 11.6 Å². The quantitative estimate of drug-likeness (QED) is 0.736. The van der Waals surface area contributed by atoms with E-state index in [2.05, 4.69) is 10.1 Å². The molecule has 0 bridgehead atoms. The van der Waals surface area contributed by atoms with E-state index in [1.807, 2.05) is 0 Å². The van der Waals surface area contributed by atoms with Crippen LogP contribution >= 0.6 is 0 Å². The van der Waals surface area contributed by atoms with Crippen molar-refractivity contribution in [1.82, 2.24) is 5.32 Å². The summed E-state index contributed by atoms with van der Waals surface area (Å²) in [5, 5.41) is 2.69. The highest BCUT2D eigenvalue weighted by atomic mass is 19.4. The summed E-state index contributed by atoms with van der Waals surface area (Å²) >= 11 is 0. The molecular formula is C18H17F4NO3. The van der Waals surface area contributed by atoms with Crippen LogP contribution in [0.25, 0.3) is 0 Å². The Labute approximate surface area is 147 Å². The van der Waals surface area contributed by atoms with E-state index >= 15 is 0 Å². The van der Waals surface area contributed by atoms with Crippen molar-refractivity contribution in [2.75, 3.05) is 6.61 Å². The third kappa shape index (κ3) is 6.27. The van der Waals surface area contributed by atoms with E-state index in [1.54, 1.807) is 13.0 Å². The maximum absolute atomic E-state index is 13.4. The molecule has 2 aromatic carbocycles. The van der Waals surface area contributed by atoms with Crippen LogP contribution in [0.1, 0.15) is 24.9 Å². The lowest BCUT2D eigenvalue weighted by Crippen LogP contribution is -2.27. The number of nitrogens with one attached hydrogen (secondary N) is 1. The Balaban J connectivity index is 1.80. The predicted molar refractivity (Wildman–Crippen MR) is 86.2 cm³/mol. The van der Waals surface area contributed by atoms with Gasteiger partial charge in [-0.15, -0.1) is 13.2 Å². The Morgan fingerprint density at radius 1 is 1.12 bits per heavy atom. The molecule has 8 heteroatoms. The average Bonchev–Trinajstić information content (AvgIpc) is 2.55. The number of halogens is 4. The largest absolute Gasteiger partial charge is 0.573 e. The van der Waals surface area contributed by atoms with Crippen LogP contribution in [-0.2, 0) is 4.79 Å². The molecule has 0 fully saturated rings. The van der Waals surface area contributed by atoms with E-state index in [1.165, 1.54) is 42.5 Å². The lowest BCUT2D eigenvalue weighted by atomic mass is 10.1. The standard InChI is InChI=1S/C18H17F4NO3/c1-12(13-6-8-14(9-7-13)26-18(20,21)22)23-17(24)10-11-25-16-5-3-2-4-15(16)19/h2-9,12H,10-11H2,1H3,(H,23,24). The first-order valence-electron chi connectivity index (χ1n) is 7.77. The number of hydrogen-bond donors (Lipinski definition) is 1. The van der Waals surface area contributed by atoms with Crippen LogP contribution in [0, 0.1) is 5.82 Å². The Hall–Kier alpha value is -2.77. The van der Waals surface area contributed by atoms with Crippen LogP contribution < -0.4 is 14.8 Å². The second kappa shape index (κ2) is 8.55. The lowest BCUT2D eigenvalue weighted by Gasteiger charge is -2.15. The number of carbonyl (C=O) groups is 1. The molecule has 2 aromatic rings. The maximum atomic E-state index is 13.4. The number of amides is 1. The molecule has 26 heavy (non-hydrogen) atoms. The molecule has 0 spiro atoms. The monoisotopic (exact) mass is 371 g/mol. The van der Waals surface area contributed by atoms with Crippen LogP contribution in [0.4, 0.5) is 17.6 Å². The predicted octanol–water partition coefficient (Wildman–Crippen LogP) is 4.37. The first-order chi connectivity index (χ1) is 12.2. The third-order valence-corrected chi connectivity index (χ3v) is 3.41. The van der Waals surface area contributed by atoms with Crippen molar-refractivity contribution in [1.29, 1.82) is 0 Å². The highest BCUT2D eigenvalue weighted by molar-refractivity contribution is 5.76. The molecule has 0 aliphatic heterocycles. The van der Waals surface area contributed by atoms with E-state index < -0.39 is 18.2 Å². The zero-order valence-corrected chi connectivity index (χ0v) is 13.8. The highest BCUT2D eigenvalue weighted by Crippen LogP contribution is 2.24. The van der Waals surface area contributed by atoms with Crippen molar-refractivity contribution >= 4 is 5.91 Å². The van der Waals surface area contributed by atoms with Crippen LogP contribution in [-0.4, -0.2) is 18.9 Å². The van der Waals surface area contributed by atoms with Gasteiger partial charge in [-0.25, -0.2) is 4.39 Å². The Kier molecular flexibility index (Phi) is 6.43. The van der Waals surface area contributed by atoms with Gasteiger partial charge in [-0.3, -0.25) is 4.79 Å². The van der Waals surface area contributed by atoms with E-state index in [4.69, 9.17) is 4.74 Å². The summed E-state index contributed by atoms with van der Waals surface area (Å²) in [5.41, 5.74) is 0.614. The normalized spacial score (nSPS) is 12.3. The average molecular weight is 371 g/mol. The number of para-hydroxylation sites is 1. The van der Waals surface area contributed by atoms with E-state index in [9.17, 15) is 22.4 Å². The van der Waals surface area contributed by atoms with Crippen molar-refractivity contribution in [2.45, 2.75) is 25.7 Å². The molecule has 0 aliphatic rings. The molecule has 140 valence electrons. The van der Waals surface area contributed by atoms with Gasteiger partial charge in [0.1, 0.15) is 5.75 Å². The van der Waals surface area contributed by atoms with Crippen LogP contribution in [0.15, 0.2) is 48.5 Å². The van der Waals surface area contributed by atoms with Crippen molar-refractivity contribution in [3.63, 3.8) is 0 Å². The molecule has 4 nitrogen and oxygen atoms in total. The van der Waals surface area contributed by atoms with Crippen molar-refractivity contribution in [3.8, 4) is 11.5 Å². The summed E-state index contributed by atoms with van der Waals surface area (Å²) in [7, 11) is 0. The Bertz CT molecular complexity index is 732. The van der Waals surface area contributed by atoms with Crippen molar-refractivity contribution in [3.05, 3.63) is 59.9 Å². The van der Waals surface area contributed by atoms with Gasteiger partial charge in [0.2, 0.25) is 5.91 Å². The molecule has 2 rings (SSSR count). The fourth-order valence-corrected chi connectivity index (χ4v) is 2.17. The molecule has 0 aromatic heterocycles. The fraction of sp³-hybridized carbons (Fsp3) is 0.278. The topological polar surface area (TPSA) is 47.6 Å². The molecule has 0 aliphatic carbocycles. The number of ether oxygens (including phenoxy) is 2. The number of benzene rings is 2. The second-order valence-electron chi connectivity index (χ2n) is 5.43. The van der Waals surface area contributed by atoms with Gasteiger partial charge in [0.25, 0.3) is 0 Å². The Morgan fingerprint density at radius 2 is 1.77 bits per heavy atom. The zero-order chi connectivity index (χ0) is 19.2. The van der Waals surface area contributed by atoms with E-state index in [-0.39, 0.29) is 30.4 Å². The molecule has 0 saturated carbocycles. The second-order valence-corrected chi connectivity index (χ2v) is 5.43. The van der Waals surface area contributed by atoms with Gasteiger partial charge >= 0.3 is 6.36 Å². The molecule has 1 atom stereocenters. The molecule has 0 heterocycles. The van der Waals surface area contributed by atoms with Crippen LogP contribution in [0.3, 0.4) is 0 Å². The van der Waals surface area contributed by atoms with Crippen molar-refractivity contribution in [2.24, 2.45) is 0 Å². The molecule has 1 N–H and O–H groups in total. The first-order valence-corrected chi connectivity index (χ1v) is 7.77. The zero-order valence-electron chi connectivity index (χ0n) is 13.8. The number of hydrogen-bond acceptors (Lipinski definition) is 3. The summed E-state index contributed by atoms with van der Waals surface area (Å²) in [6, 6.07) is 10.7. The lowest BCUT2D eigenvalue weighted by molar-refractivity contribution is -0.274. The molecule has 1 amide bonds. The number of rotatable bonds is 7. The van der Waals surface area contributed by atoms with Gasteiger partial charge < -0.3 is 14.8 Å². The number of alkyl halides is 3. The highest BCUT2D eigenvalue weighted by Gasteiger charge is 2.31. The minimum atomic E-state index is -4.75. The van der Waals surface area contributed by atoms with Gasteiger partial charge in [0.05, 0.1) is 19.1 Å². The van der Waals surface area contributed by atoms with Gasteiger partial charge in [-0.05, 0) is 36.8 Å². The summed E-state index contributed by atoms with van der Waals surface area (Å²) in [6.07, 6.45) is -4.74. The molecule has 1 unspecified atom stereocenters. The molecule has 0 saturated heterocycles. The van der Waals surface area contributed by atoms with E-state index in [0.29, 0.717) is 5.56 Å². The van der Waals surface area contributed by atoms with E-state index in [0.717, 1.165) is 0 Å². The summed E-state index contributed by atoms with van der Waals surface area (Å²) < 4.78 is 58.7. The summed E-state index contributed by atoms with van der Waals surface area (Å²) in [4.78, 5) is 11.9. The minimum Gasteiger partial charge on any atom is -0.490 e. The number of carbonyl (C=O) groups excluding carboxylic acids is 1. The minimum absolute atomic E-state index is 0.00214. The van der Waals surface area contributed by atoms with Crippen LogP contribution in [0.2, 0.25) is 0 Å². The van der Waals surface area contributed by atoms with Gasteiger partial charge in [-0.2, -0.15) is 0 Å².